The van der Waals surface area contributed by atoms with Crippen molar-refractivity contribution in [2.24, 2.45) is 0 Å². The fourth-order valence-electron chi connectivity index (χ4n) is 3.95. The fraction of sp³-hybridized carbons (Fsp3) is 0.391. The highest BCUT2D eigenvalue weighted by atomic mass is 32.2. The van der Waals surface area contributed by atoms with Crippen LogP contribution in [-0.4, -0.2) is 64.7 Å². The predicted octanol–water partition coefficient (Wildman–Crippen LogP) is 3.25. The quantitative estimate of drug-likeness (QED) is 0.488. The first kappa shape index (κ1) is 23.6. The van der Waals surface area contributed by atoms with Gasteiger partial charge in [0.25, 0.3) is 5.91 Å². The number of carbonyl (C=O) groups is 1. The number of fused-ring (bicyclic) bond motifs is 1. The first-order valence-electron chi connectivity index (χ1n) is 10.7. The molecule has 4 rings (SSSR count). The first-order chi connectivity index (χ1) is 15.9. The van der Waals surface area contributed by atoms with Crippen LogP contribution in [0.3, 0.4) is 0 Å². The Bertz CT molecular complexity index is 1200. The topological polar surface area (TPSA) is 97.8 Å². The molecule has 1 aliphatic heterocycles. The lowest BCUT2D eigenvalue weighted by Crippen LogP contribution is -2.38. The number of likely N-dealkylation sites (tertiary alicyclic amines) is 1. The molecule has 1 aromatic heterocycles. The minimum Gasteiger partial charge on any atom is -0.495 e. The highest BCUT2D eigenvalue weighted by molar-refractivity contribution is 7.89. The Hall–Kier alpha value is -2.53. The van der Waals surface area contributed by atoms with E-state index in [2.05, 4.69) is 10.8 Å². The van der Waals surface area contributed by atoms with Crippen LogP contribution < -0.4 is 9.46 Å². The third-order valence-electron chi connectivity index (χ3n) is 5.74. The number of amides is 1. The molecule has 0 unspecified atom stereocenters. The summed E-state index contributed by atoms with van der Waals surface area (Å²) in [5.41, 5.74) is 1.34. The number of methoxy groups -OCH3 is 2. The van der Waals surface area contributed by atoms with Crippen LogP contribution in [0.25, 0.3) is 10.2 Å². The van der Waals surface area contributed by atoms with Crippen molar-refractivity contribution < 1.29 is 22.7 Å². The van der Waals surface area contributed by atoms with Crippen molar-refractivity contribution in [3.63, 3.8) is 0 Å². The smallest absolute Gasteiger partial charge is 0.253 e. The van der Waals surface area contributed by atoms with Crippen LogP contribution in [0.5, 0.6) is 5.75 Å². The molecular formula is C23H27N3O5S2. The molecule has 1 aliphatic rings. The van der Waals surface area contributed by atoms with E-state index in [1.165, 1.54) is 31.1 Å². The number of hydrogen-bond acceptors (Lipinski definition) is 7. The summed E-state index contributed by atoms with van der Waals surface area (Å²) in [5.74, 6) is 0.322. The van der Waals surface area contributed by atoms with Crippen LogP contribution in [-0.2, 0) is 14.8 Å². The number of ether oxygens (including phenoxy) is 2. The summed E-state index contributed by atoms with van der Waals surface area (Å²) in [7, 11) is -0.957. The number of hydrogen-bond donors (Lipinski definition) is 1. The number of rotatable bonds is 8. The summed E-state index contributed by atoms with van der Waals surface area (Å²) in [6.45, 7) is 1.56. The maximum atomic E-state index is 13.2. The second-order valence-electron chi connectivity index (χ2n) is 7.84. The maximum Gasteiger partial charge on any atom is 0.253 e. The van der Waals surface area contributed by atoms with Crippen LogP contribution in [0.1, 0.15) is 34.1 Å². The second kappa shape index (κ2) is 10.2. The van der Waals surface area contributed by atoms with E-state index in [0.29, 0.717) is 24.6 Å². The number of thiazole rings is 1. The van der Waals surface area contributed by atoms with Crippen molar-refractivity contribution in [1.29, 1.82) is 0 Å². The van der Waals surface area contributed by atoms with E-state index in [1.807, 2.05) is 18.2 Å². The van der Waals surface area contributed by atoms with E-state index < -0.39 is 10.0 Å². The zero-order valence-corrected chi connectivity index (χ0v) is 20.2. The van der Waals surface area contributed by atoms with Crippen LogP contribution in [0.2, 0.25) is 0 Å². The summed E-state index contributed by atoms with van der Waals surface area (Å²) >= 11 is 1.72. The molecule has 0 atom stereocenters. The van der Waals surface area contributed by atoms with Crippen molar-refractivity contribution in [1.82, 2.24) is 14.6 Å². The molecule has 1 saturated heterocycles. The normalized spacial score (nSPS) is 15.2. The van der Waals surface area contributed by atoms with Gasteiger partial charge in [-0.15, -0.1) is 11.3 Å². The van der Waals surface area contributed by atoms with Gasteiger partial charge in [0.05, 0.1) is 28.9 Å². The van der Waals surface area contributed by atoms with Crippen molar-refractivity contribution in [2.75, 3.05) is 40.5 Å². The van der Waals surface area contributed by atoms with E-state index in [4.69, 9.17) is 14.5 Å². The van der Waals surface area contributed by atoms with Crippen LogP contribution in [0, 0.1) is 0 Å². The maximum absolute atomic E-state index is 13.2. The Morgan fingerprint density at radius 3 is 2.64 bits per heavy atom. The lowest BCUT2D eigenvalue weighted by Gasteiger charge is -2.31. The van der Waals surface area contributed by atoms with Gasteiger partial charge in [0.2, 0.25) is 10.0 Å². The zero-order chi connectivity index (χ0) is 23.4. The highest BCUT2D eigenvalue weighted by Crippen LogP contribution is 2.34. The molecule has 176 valence electrons. The SMILES string of the molecule is COCCNS(=O)(=O)c1cc(C(=O)N2CCC(c3nc4ccccc4s3)CC2)ccc1OC. The Balaban J connectivity index is 1.47. The van der Waals surface area contributed by atoms with Crippen molar-refractivity contribution in [3.05, 3.63) is 53.0 Å². The number of nitrogens with zero attached hydrogens (tertiary/aromatic N) is 2. The van der Waals surface area contributed by atoms with Crippen LogP contribution >= 0.6 is 11.3 Å². The zero-order valence-electron chi connectivity index (χ0n) is 18.6. The van der Waals surface area contributed by atoms with E-state index >= 15 is 0 Å². The molecule has 0 radical (unpaired) electrons. The summed E-state index contributed by atoms with van der Waals surface area (Å²) in [5, 5.41) is 1.11. The van der Waals surface area contributed by atoms with Gasteiger partial charge in [0, 0.05) is 38.2 Å². The van der Waals surface area contributed by atoms with Gasteiger partial charge in [0.15, 0.2) is 0 Å². The van der Waals surface area contributed by atoms with E-state index in [0.717, 1.165) is 23.4 Å². The molecule has 33 heavy (non-hydrogen) atoms. The molecule has 2 aromatic carbocycles. The van der Waals surface area contributed by atoms with Crippen molar-refractivity contribution in [2.45, 2.75) is 23.7 Å². The first-order valence-corrected chi connectivity index (χ1v) is 13.0. The number of aromatic nitrogens is 1. The van der Waals surface area contributed by atoms with Gasteiger partial charge in [-0.2, -0.15) is 0 Å². The van der Waals surface area contributed by atoms with Gasteiger partial charge in [-0.05, 0) is 43.2 Å². The van der Waals surface area contributed by atoms with Crippen LogP contribution in [0.15, 0.2) is 47.4 Å². The summed E-state index contributed by atoms with van der Waals surface area (Å²) in [6.07, 6.45) is 1.65. The number of piperidine rings is 1. The Labute approximate surface area is 197 Å². The van der Waals surface area contributed by atoms with Crippen LogP contribution in [0.4, 0.5) is 0 Å². The Kier molecular flexibility index (Phi) is 7.28. The largest absolute Gasteiger partial charge is 0.495 e. The fourth-order valence-corrected chi connectivity index (χ4v) is 6.29. The van der Waals surface area contributed by atoms with Gasteiger partial charge < -0.3 is 14.4 Å². The van der Waals surface area contributed by atoms with Gasteiger partial charge in [-0.25, -0.2) is 18.1 Å². The summed E-state index contributed by atoms with van der Waals surface area (Å²) < 4.78 is 39.2. The number of carbonyl (C=O) groups excluding carboxylic acids is 1. The third-order valence-corrected chi connectivity index (χ3v) is 8.42. The van der Waals surface area contributed by atoms with Gasteiger partial charge in [0.1, 0.15) is 10.6 Å². The lowest BCUT2D eigenvalue weighted by molar-refractivity contribution is 0.0712. The monoisotopic (exact) mass is 489 g/mol. The molecule has 2 heterocycles. The minimum absolute atomic E-state index is 0.0590. The molecule has 1 fully saturated rings. The van der Waals surface area contributed by atoms with Crippen molar-refractivity contribution >= 4 is 37.5 Å². The highest BCUT2D eigenvalue weighted by Gasteiger charge is 2.28. The predicted molar refractivity (Wildman–Crippen MR) is 128 cm³/mol. The van der Waals surface area contributed by atoms with Crippen molar-refractivity contribution in [3.8, 4) is 5.75 Å². The molecule has 0 saturated carbocycles. The van der Waals surface area contributed by atoms with Gasteiger partial charge >= 0.3 is 0 Å². The molecule has 8 nitrogen and oxygen atoms in total. The number of para-hydroxylation sites is 1. The van der Waals surface area contributed by atoms with E-state index in [1.54, 1.807) is 22.3 Å². The molecule has 0 spiro atoms. The number of sulfonamides is 1. The minimum atomic E-state index is -3.85. The van der Waals surface area contributed by atoms with E-state index in [9.17, 15) is 13.2 Å². The molecule has 0 aliphatic carbocycles. The molecule has 10 heteroatoms. The molecule has 3 aromatic rings. The Morgan fingerprint density at radius 1 is 1.18 bits per heavy atom. The lowest BCUT2D eigenvalue weighted by atomic mass is 9.97. The standard InChI is InChI=1S/C23H27N3O5S2/c1-30-14-11-24-33(28,29)21-15-17(7-8-19(21)31-2)23(27)26-12-9-16(10-13-26)22-25-18-5-3-4-6-20(18)32-22/h3-8,15-16,24H,9-14H2,1-2H3. The number of benzene rings is 2. The third kappa shape index (κ3) is 5.19. The van der Waals surface area contributed by atoms with Gasteiger partial charge in [-0.1, -0.05) is 12.1 Å². The summed E-state index contributed by atoms with van der Waals surface area (Å²) in [4.78, 5) is 19.7. The number of nitrogens with one attached hydrogen (secondary N) is 1. The molecule has 1 N–H and O–H groups in total. The second-order valence-corrected chi connectivity index (χ2v) is 10.6. The average Bonchev–Trinajstić information content (AvgIpc) is 3.28. The Morgan fingerprint density at radius 2 is 1.94 bits per heavy atom. The van der Waals surface area contributed by atoms with Gasteiger partial charge in [-0.3, -0.25) is 4.79 Å². The summed E-state index contributed by atoms with van der Waals surface area (Å²) in [6, 6.07) is 12.6. The molecule has 1 amide bonds. The van der Waals surface area contributed by atoms with E-state index in [-0.39, 0.29) is 29.7 Å². The average molecular weight is 490 g/mol. The molecule has 0 bridgehead atoms. The molecular weight excluding hydrogens is 462 g/mol.